The molecular weight excluding hydrogens is 242 g/mol. The molecule has 0 aliphatic carbocycles. The monoisotopic (exact) mass is 277 g/mol. The number of nitrogens with zero attached hydrogens (tertiary/aromatic N) is 1. The zero-order valence-corrected chi connectivity index (χ0v) is 14.7. The normalized spacial score (nSPS) is 12.2. The van der Waals surface area contributed by atoms with Crippen LogP contribution in [0.15, 0.2) is 24.3 Å². The Morgan fingerprint density at radius 2 is 1.35 bits per heavy atom. The van der Waals surface area contributed by atoms with Gasteiger partial charge < -0.3 is 4.90 Å². The molecule has 0 fully saturated rings. The molecule has 0 amide bonds. The van der Waals surface area contributed by atoms with Gasteiger partial charge in [-0.25, -0.2) is 0 Å². The van der Waals surface area contributed by atoms with Crippen molar-refractivity contribution in [1.82, 2.24) is 4.90 Å². The van der Waals surface area contributed by atoms with E-state index in [1.165, 1.54) is 37.2 Å². The number of aryl methyl sites for hydroxylation is 2. The number of benzene rings is 1. The van der Waals surface area contributed by atoms with Gasteiger partial charge in [-0.3, -0.25) is 0 Å². The predicted molar refractivity (Wildman–Crippen MR) is 92.3 cm³/mol. The van der Waals surface area contributed by atoms with Gasteiger partial charge in [-0.15, -0.1) is 0 Å². The fraction of sp³-hybridized carbons (Fsp3) is 0.684. The van der Waals surface area contributed by atoms with Crippen LogP contribution in [0.1, 0.15) is 52.2 Å². The highest BCUT2D eigenvalue weighted by Crippen LogP contribution is 2.11. The summed E-state index contributed by atoms with van der Waals surface area (Å²) in [6.07, 6.45) is 1.28. The first-order chi connectivity index (χ1) is 9.40. The third kappa shape index (κ3) is 9.14. The van der Waals surface area contributed by atoms with Crippen LogP contribution in [0.4, 0.5) is 0 Å². The highest BCUT2D eigenvalue weighted by Gasteiger charge is 2.10. The third-order valence-corrected chi connectivity index (χ3v) is 3.89. The maximum Gasteiger partial charge on any atom is 0.000934 e. The largest absolute Gasteiger partial charge is 0.303 e. The van der Waals surface area contributed by atoms with E-state index in [0.717, 1.165) is 11.8 Å². The number of hydrogen-bond acceptors (Lipinski definition) is 1. The summed E-state index contributed by atoms with van der Waals surface area (Å²) in [5.74, 6) is 1.65. The van der Waals surface area contributed by atoms with Gasteiger partial charge in [0.15, 0.2) is 0 Å². The summed E-state index contributed by atoms with van der Waals surface area (Å²) < 4.78 is 0. The Bertz CT molecular complexity index is 305. The molecule has 1 rings (SSSR count). The van der Waals surface area contributed by atoms with Crippen molar-refractivity contribution in [2.75, 3.05) is 19.6 Å². The molecule has 116 valence electrons. The van der Waals surface area contributed by atoms with E-state index in [4.69, 9.17) is 0 Å². The van der Waals surface area contributed by atoms with Crippen molar-refractivity contribution in [2.45, 2.75) is 54.9 Å². The van der Waals surface area contributed by atoms with Crippen LogP contribution < -0.4 is 0 Å². The molecule has 0 aromatic heterocycles. The van der Waals surface area contributed by atoms with Gasteiger partial charge in [0, 0.05) is 6.54 Å². The highest BCUT2D eigenvalue weighted by molar-refractivity contribution is 5.19. The molecule has 1 heteroatoms. The van der Waals surface area contributed by atoms with E-state index in [-0.39, 0.29) is 0 Å². The Morgan fingerprint density at radius 1 is 0.900 bits per heavy atom. The van der Waals surface area contributed by atoms with Crippen LogP contribution in [0.2, 0.25) is 0 Å². The van der Waals surface area contributed by atoms with E-state index in [9.17, 15) is 0 Å². The van der Waals surface area contributed by atoms with Gasteiger partial charge in [-0.2, -0.15) is 0 Å². The second-order valence-corrected chi connectivity index (χ2v) is 6.27. The van der Waals surface area contributed by atoms with Gasteiger partial charge in [-0.05, 0) is 45.2 Å². The maximum absolute atomic E-state index is 2.55. The summed E-state index contributed by atoms with van der Waals surface area (Å²) >= 11 is 0. The minimum absolute atomic E-state index is 0.816. The molecule has 0 spiro atoms. The topological polar surface area (TPSA) is 3.24 Å². The van der Waals surface area contributed by atoms with Gasteiger partial charge >= 0.3 is 0 Å². The quantitative estimate of drug-likeness (QED) is 0.680. The second kappa shape index (κ2) is 10.9. The van der Waals surface area contributed by atoms with E-state index in [0.29, 0.717) is 0 Å². The van der Waals surface area contributed by atoms with Crippen molar-refractivity contribution in [2.24, 2.45) is 11.8 Å². The average Bonchev–Trinajstić information content (AvgIpc) is 2.42. The Hall–Kier alpha value is -0.820. The van der Waals surface area contributed by atoms with Crippen LogP contribution in [-0.2, 0) is 0 Å². The minimum Gasteiger partial charge on any atom is -0.303 e. The maximum atomic E-state index is 2.55. The van der Waals surface area contributed by atoms with E-state index < -0.39 is 0 Å². The Balaban J connectivity index is 0.000000388. The zero-order valence-electron chi connectivity index (χ0n) is 14.7. The molecule has 1 aromatic rings. The smallest absolute Gasteiger partial charge is 0.000934 e. The molecular formula is C19H35N. The molecule has 0 N–H and O–H groups in total. The molecule has 0 heterocycles. The van der Waals surface area contributed by atoms with Crippen molar-refractivity contribution in [3.63, 3.8) is 0 Å². The minimum atomic E-state index is 0.816. The Labute approximate surface area is 127 Å². The van der Waals surface area contributed by atoms with Crippen LogP contribution in [0.3, 0.4) is 0 Å². The van der Waals surface area contributed by atoms with Crippen LogP contribution in [-0.4, -0.2) is 24.5 Å². The van der Waals surface area contributed by atoms with E-state index in [1.54, 1.807) is 0 Å². The molecule has 0 aliphatic rings. The molecule has 1 nitrogen and oxygen atoms in total. The molecule has 1 atom stereocenters. The fourth-order valence-corrected chi connectivity index (χ4v) is 1.95. The summed E-state index contributed by atoms with van der Waals surface area (Å²) in [4.78, 5) is 2.55. The lowest BCUT2D eigenvalue weighted by atomic mass is 9.97. The predicted octanol–water partition coefficient (Wildman–Crippen LogP) is 5.31. The van der Waals surface area contributed by atoms with Crippen LogP contribution in [0.25, 0.3) is 0 Å². The Kier molecular flexibility index (Phi) is 10.5. The van der Waals surface area contributed by atoms with Gasteiger partial charge in [0.1, 0.15) is 0 Å². The lowest BCUT2D eigenvalue weighted by Crippen LogP contribution is -2.30. The lowest BCUT2D eigenvalue weighted by Gasteiger charge is -2.25. The van der Waals surface area contributed by atoms with Crippen LogP contribution in [0.5, 0.6) is 0 Å². The molecule has 0 radical (unpaired) electrons. The standard InChI is InChI=1S/C11H25N.C8H10/c1-6-8-12(7-2)9-11(5)10(3)4;1-7-3-5-8(2)6-4-7/h10-11H,6-9H2,1-5H3;3-6H,1-2H3. The first-order valence-corrected chi connectivity index (χ1v) is 8.16. The SMILES string of the molecule is CCCN(CC)CC(C)C(C)C.Cc1ccc(C)cc1. The fourth-order valence-electron chi connectivity index (χ4n) is 1.95. The lowest BCUT2D eigenvalue weighted by molar-refractivity contribution is 0.220. The van der Waals surface area contributed by atoms with Crippen LogP contribution >= 0.6 is 0 Å². The molecule has 0 saturated carbocycles. The summed E-state index contributed by atoms with van der Waals surface area (Å²) in [6.45, 7) is 19.4. The van der Waals surface area contributed by atoms with Crippen molar-refractivity contribution in [3.8, 4) is 0 Å². The van der Waals surface area contributed by atoms with Crippen molar-refractivity contribution < 1.29 is 0 Å². The summed E-state index contributed by atoms with van der Waals surface area (Å²) in [6, 6.07) is 8.48. The van der Waals surface area contributed by atoms with E-state index in [2.05, 4.69) is 77.6 Å². The Morgan fingerprint density at radius 3 is 1.65 bits per heavy atom. The number of hydrogen-bond donors (Lipinski definition) is 0. The van der Waals surface area contributed by atoms with E-state index >= 15 is 0 Å². The number of rotatable bonds is 6. The van der Waals surface area contributed by atoms with E-state index in [1.807, 2.05) is 0 Å². The molecule has 0 bridgehead atoms. The molecule has 1 aromatic carbocycles. The van der Waals surface area contributed by atoms with Crippen molar-refractivity contribution >= 4 is 0 Å². The third-order valence-electron chi connectivity index (χ3n) is 3.89. The van der Waals surface area contributed by atoms with Crippen LogP contribution in [0, 0.1) is 25.7 Å². The van der Waals surface area contributed by atoms with Crippen molar-refractivity contribution in [1.29, 1.82) is 0 Å². The second-order valence-electron chi connectivity index (χ2n) is 6.27. The summed E-state index contributed by atoms with van der Waals surface area (Å²) in [5, 5.41) is 0. The highest BCUT2D eigenvalue weighted by atomic mass is 15.1. The van der Waals surface area contributed by atoms with Crippen molar-refractivity contribution in [3.05, 3.63) is 35.4 Å². The van der Waals surface area contributed by atoms with Gasteiger partial charge in [0.2, 0.25) is 0 Å². The van der Waals surface area contributed by atoms with Gasteiger partial charge in [0.25, 0.3) is 0 Å². The first-order valence-electron chi connectivity index (χ1n) is 8.16. The van der Waals surface area contributed by atoms with Gasteiger partial charge in [0.05, 0.1) is 0 Å². The van der Waals surface area contributed by atoms with Gasteiger partial charge in [-0.1, -0.05) is 70.0 Å². The zero-order chi connectivity index (χ0) is 15.5. The molecule has 1 unspecified atom stereocenters. The molecule has 0 saturated heterocycles. The average molecular weight is 277 g/mol. The summed E-state index contributed by atoms with van der Waals surface area (Å²) in [7, 11) is 0. The molecule has 20 heavy (non-hydrogen) atoms. The summed E-state index contributed by atoms with van der Waals surface area (Å²) in [5.41, 5.74) is 2.66. The molecule has 0 aliphatic heterocycles. The first kappa shape index (κ1) is 19.2.